The molecule has 0 unspecified atom stereocenters. The summed E-state index contributed by atoms with van der Waals surface area (Å²) in [5, 5.41) is 4.65. The number of fused-ring (bicyclic) bond motifs is 1. The van der Waals surface area contributed by atoms with Gasteiger partial charge in [0, 0.05) is 34.4 Å². The van der Waals surface area contributed by atoms with Gasteiger partial charge in [-0.3, -0.25) is 0 Å². The highest BCUT2D eigenvalue weighted by Crippen LogP contribution is 2.35. The molecule has 25 heavy (non-hydrogen) atoms. The Balaban J connectivity index is 1.89. The molecule has 1 aliphatic rings. The molecule has 1 fully saturated rings. The summed E-state index contributed by atoms with van der Waals surface area (Å²) in [5.74, 6) is 0. The van der Waals surface area contributed by atoms with Crippen molar-refractivity contribution in [2.24, 2.45) is 5.73 Å². The molecule has 1 aromatic heterocycles. The summed E-state index contributed by atoms with van der Waals surface area (Å²) in [6.45, 7) is 2.11. The van der Waals surface area contributed by atoms with Gasteiger partial charge in [-0.2, -0.15) is 0 Å². The lowest BCUT2D eigenvalue weighted by atomic mass is 10.0. The lowest BCUT2D eigenvalue weighted by Gasteiger charge is -2.25. The summed E-state index contributed by atoms with van der Waals surface area (Å²) in [6, 6.07) is 14.8. The van der Waals surface area contributed by atoms with Gasteiger partial charge >= 0.3 is 0 Å². The second kappa shape index (κ2) is 6.50. The van der Waals surface area contributed by atoms with Gasteiger partial charge in [-0.25, -0.2) is 0 Å². The fourth-order valence-electron chi connectivity index (χ4n) is 3.73. The lowest BCUT2D eigenvalue weighted by Crippen LogP contribution is -2.29. The number of hydrogen-bond acceptors (Lipinski definition) is 3. The van der Waals surface area contributed by atoms with Gasteiger partial charge in [0.1, 0.15) is 4.99 Å². The average molecular weight is 350 g/mol. The second-order valence-corrected chi connectivity index (χ2v) is 7.09. The number of nitrogens with zero attached hydrogens (tertiary/aromatic N) is 1. The number of aromatic nitrogens is 1. The average Bonchev–Trinajstić information content (AvgIpc) is 3.01. The maximum atomic E-state index is 6.07. The van der Waals surface area contributed by atoms with Gasteiger partial charge in [-0.15, -0.1) is 0 Å². The molecule has 0 saturated carbocycles. The van der Waals surface area contributed by atoms with Crippen molar-refractivity contribution in [3.63, 3.8) is 0 Å². The van der Waals surface area contributed by atoms with Crippen LogP contribution in [-0.2, 0) is 0 Å². The third-order valence-corrected chi connectivity index (χ3v) is 5.25. The molecule has 128 valence electrons. The summed E-state index contributed by atoms with van der Waals surface area (Å²) in [6.07, 6.45) is 4.52. The maximum Gasteiger partial charge on any atom is 0.104 e. The monoisotopic (exact) mass is 350 g/mol. The molecule has 0 bridgehead atoms. The Kier molecular flexibility index (Phi) is 4.19. The van der Waals surface area contributed by atoms with Crippen LogP contribution in [0.1, 0.15) is 24.4 Å². The zero-order valence-corrected chi connectivity index (χ0v) is 14.9. The van der Waals surface area contributed by atoms with Crippen LogP contribution in [0.15, 0.2) is 48.7 Å². The normalized spacial score (nSPS) is 15.5. The molecule has 1 saturated heterocycles. The Morgan fingerprint density at radius 3 is 2.68 bits per heavy atom. The van der Waals surface area contributed by atoms with Gasteiger partial charge in [0.05, 0.1) is 5.52 Å². The number of nitrogens with two attached hydrogens (primary N) is 2. The third-order valence-electron chi connectivity index (χ3n) is 5.02. The minimum absolute atomic E-state index is 0.424. The summed E-state index contributed by atoms with van der Waals surface area (Å²) < 4.78 is 2.40. The molecule has 0 radical (unpaired) electrons. The van der Waals surface area contributed by atoms with E-state index in [2.05, 4.69) is 40.3 Å². The van der Waals surface area contributed by atoms with E-state index in [9.17, 15) is 0 Å². The van der Waals surface area contributed by atoms with Gasteiger partial charge in [0.25, 0.3) is 0 Å². The molecule has 0 aliphatic carbocycles. The van der Waals surface area contributed by atoms with Crippen LogP contribution in [0.3, 0.4) is 0 Å². The number of hydrogen-bond donors (Lipinski definition) is 3. The van der Waals surface area contributed by atoms with E-state index in [0.29, 0.717) is 11.0 Å². The molecule has 2 heterocycles. The van der Waals surface area contributed by atoms with Gasteiger partial charge in [-0.1, -0.05) is 36.5 Å². The topological polar surface area (TPSA) is 69.0 Å². The van der Waals surface area contributed by atoms with E-state index in [1.165, 1.54) is 16.5 Å². The van der Waals surface area contributed by atoms with Crippen LogP contribution in [0.5, 0.6) is 0 Å². The van der Waals surface area contributed by atoms with Gasteiger partial charge in [-0.05, 0) is 49.7 Å². The second-order valence-electron chi connectivity index (χ2n) is 6.65. The standard InChI is InChI=1S/C20H22N4S/c21-15-4-5-17-18(13-2-1-3-14(10-13)20(22)25)12-24(19(17)11-15)16-6-8-23-9-7-16/h1-5,10-12,16,23H,6-9,21H2,(H2,22,25). The van der Waals surface area contributed by atoms with E-state index in [1.807, 2.05) is 18.2 Å². The first-order valence-electron chi connectivity index (χ1n) is 8.64. The van der Waals surface area contributed by atoms with Crippen molar-refractivity contribution in [3.8, 4) is 11.1 Å². The summed E-state index contributed by atoms with van der Waals surface area (Å²) in [4.78, 5) is 0.424. The highest BCUT2D eigenvalue weighted by Gasteiger charge is 2.19. The van der Waals surface area contributed by atoms with Crippen molar-refractivity contribution < 1.29 is 0 Å². The summed E-state index contributed by atoms with van der Waals surface area (Å²) >= 11 is 5.14. The fraction of sp³-hybridized carbons (Fsp3) is 0.250. The minimum atomic E-state index is 0.424. The Morgan fingerprint density at radius 1 is 1.12 bits per heavy atom. The molecule has 0 atom stereocenters. The zero-order chi connectivity index (χ0) is 17.4. The van der Waals surface area contributed by atoms with E-state index in [1.54, 1.807) is 0 Å². The van der Waals surface area contributed by atoms with Crippen molar-refractivity contribution in [2.75, 3.05) is 18.8 Å². The molecule has 2 aromatic carbocycles. The number of nitrogen functional groups attached to an aromatic ring is 1. The highest BCUT2D eigenvalue weighted by molar-refractivity contribution is 7.80. The molecule has 1 aliphatic heterocycles. The van der Waals surface area contributed by atoms with E-state index < -0.39 is 0 Å². The number of benzene rings is 2. The number of nitrogens with one attached hydrogen (secondary N) is 1. The lowest BCUT2D eigenvalue weighted by molar-refractivity contribution is 0.376. The number of anilines is 1. The summed E-state index contributed by atoms with van der Waals surface area (Å²) in [5.41, 5.74) is 17.1. The maximum absolute atomic E-state index is 6.07. The first kappa shape index (κ1) is 16.1. The van der Waals surface area contributed by atoms with Crippen LogP contribution >= 0.6 is 12.2 Å². The molecule has 4 rings (SSSR count). The van der Waals surface area contributed by atoms with Crippen LogP contribution in [0.25, 0.3) is 22.0 Å². The van der Waals surface area contributed by atoms with E-state index >= 15 is 0 Å². The predicted molar refractivity (Wildman–Crippen MR) is 109 cm³/mol. The number of piperidine rings is 1. The van der Waals surface area contributed by atoms with E-state index in [0.717, 1.165) is 42.7 Å². The predicted octanol–water partition coefficient (Wildman–Crippen LogP) is 3.45. The Hall–Kier alpha value is -2.37. The molecule has 0 amide bonds. The summed E-state index contributed by atoms with van der Waals surface area (Å²) in [7, 11) is 0. The van der Waals surface area contributed by atoms with Crippen LogP contribution in [0, 0.1) is 0 Å². The molecule has 5 heteroatoms. The SMILES string of the molecule is NC(=S)c1cccc(-c2cn(C3CCNCC3)c3cc(N)ccc23)c1. The number of rotatable bonds is 3. The van der Waals surface area contributed by atoms with Gasteiger partial charge < -0.3 is 21.4 Å². The van der Waals surface area contributed by atoms with Crippen molar-refractivity contribution in [3.05, 3.63) is 54.2 Å². The van der Waals surface area contributed by atoms with Crippen molar-refractivity contribution in [1.82, 2.24) is 9.88 Å². The quantitative estimate of drug-likeness (QED) is 0.500. The van der Waals surface area contributed by atoms with E-state index in [-0.39, 0.29) is 0 Å². The highest BCUT2D eigenvalue weighted by atomic mass is 32.1. The first-order valence-corrected chi connectivity index (χ1v) is 9.05. The van der Waals surface area contributed by atoms with Gasteiger partial charge in [0.2, 0.25) is 0 Å². The van der Waals surface area contributed by atoms with Crippen molar-refractivity contribution in [1.29, 1.82) is 0 Å². The Morgan fingerprint density at radius 2 is 1.92 bits per heavy atom. The zero-order valence-electron chi connectivity index (χ0n) is 14.0. The smallest absolute Gasteiger partial charge is 0.104 e. The van der Waals surface area contributed by atoms with E-state index in [4.69, 9.17) is 23.7 Å². The van der Waals surface area contributed by atoms with Gasteiger partial charge in [0.15, 0.2) is 0 Å². The fourth-order valence-corrected chi connectivity index (χ4v) is 3.85. The Bertz CT molecular complexity index is 938. The molecular formula is C20H22N4S. The Labute approximate surface area is 152 Å². The van der Waals surface area contributed by atoms with Crippen LogP contribution in [-0.4, -0.2) is 22.6 Å². The molecular weight excluding hydrogens is 328 g/mol. The molecule has 3 aromatic rings. The number of thiocarbonyl (C=S) groups is 1. The van der Waals surface area contributed by atoms with Crippen molar-refractivity contribution >= 4 is 33.8 Å². The molecule has 4 nitrogen and oxygen atoms in total. The largest absolute Gasteiger partial charge is 0.399 e. The van der Waals surface area contributed by atoms with Crippen LogP contribution in [0.4, 0.5) is 5.69 Å². The van der Waals surface area contributed by atoms with Crippen LogP contribution in [0.2, 0.25) is 0 Å². The first-order chi connectivity index (χ1) is 12.1. The third kappa shape index (κ3) is 3.01. The van der Waals surface area contributed by atoms with Crippen molar-refractivity contribution in [2.45, 2.75) is 18.9 Å². The molecule has 0 spiro atoms. The molecule has 5 N–H and O–H groups in total. The minimum Gasteiger partial charge on any atom is -0.399 e. The van der Waals surface area contributed by atoms with Crippen LogP contribution < -0.4 is 16.8 Å².